The number of alkyl halides is 3. The normalized spacial score (nSPS) is 18.3. The summed E-state index contributed by atoms with van der Waals surface area (Å²) < 4.78 is 39.3. The third kappa shape index (κ3) is 5.59. The smallest absolute Gasteiger partial charge is 0.385 e. The van der Waals surface area contributed by atoms with Gasteiger partial charge in [0.15, 0.2) is 0 Å². The molecule has 7 heteroatoms. The fourth-order valence-corrected chi connectivity index (χ4v) is 2.27. The average molecular weight is 281 g/mol. The number of ether oxygens (including phenoxy) is 1. The third-order valence-electron chi connectivity index (χ3n) is 3.33. The summed E-state index contributed by atoms with van der Waals surface area (Å²) in [6.07, 6.45) is 1.37. The first-order valence-electron chi connectivity index (χ1n) is 6.39. The maximum Gasteiger partial charge on any atom is 0.491 e. The fraction of sp³-hybridized carbons (Fsp3) is 0.833. The van der Waals surface area contributed by atoms with Crippen LogP contribution in [0.4, 0.5) is 13.2 Å². The first-order valence-corrected chi connectivity index (χ1v) is 6.39. The summed E-state index contributed by atoms with van der Waals surface area (Å²) in [5, 5.41) is 0. The Kier molecular flexibility index (Phi) is 5.78. The highest BCUT2D eigenvalue weighted by molar-refractivity contribution is 5.90. The highest BCUT2D eigenvalue weighted by Gasteiger charge is 2.43. The first kappa shape index (κ1) is 15.9. The quantitative estimate of drug-likeness (QED) is 0.620. The fourth-order valence-electron chi connectivity index (χ4n) is 2.27. The Morgan fingerprint density at radius 1 is 1.26 bits per heavy atom. The van der Waals surface area contributed by atoms with Crippen molar-refractivity contribution in [3.8, 4) is 0 Å². The second kappa shape index (κ2) is 6.88. The van der Waals surface area contributed by atoms with Crippen molar-refractivity contribution in [1.82, 2.24) is 0 Å². The van der Waals surface area contributed by atoms with Crippen LogP contribution in [-0.4, -0.2) is 24.2 Å². The van der Waals surface area contributed by atoms with Crippen molar-refractivity contribution in [3.63, 3.8) is 0 Å². The largest absolute Gasteiger partial charge is 0.491 e. The van der Waals surface area contributed by atoms with E-state index in [2.05, 4.69) is 4.74 Å². The number of carbonyl (C=O) groups is 2. The van der Waals surface area contributed by atoms with Gasteiger partial charge in [0.25, 0.3) is 0 Å². The summed E-state index contributed by atoms with van der Waals surface area (Å²) in [5.41, 5.74) is 5.40. The van der Waals surface area contributed by atoms with Crippen molar-refractivity contribution < 1.29 is 27.5 Å². The number of halogens is 3. The number of esters is 2. The number of hydrogen-bond acceptors (Lipinski definition) is 4. The van der Waals surface area contributed by atoms with Crippen molar-refractivity contribution in [3.05, 3.63) is 0 Å². The summed E-state index contributed by atoms with van der Waals surface area (Å²) in [4.78, 5) is 21.6. The first-order chi connectivity index (χ1) is 8.80. The molecule has 1 atom stereocenters. The van der Waals surface area contributed by atoms with Gasteiger partial charge in [0.05, 0.1) is 0 Å². The maximum atomic E-state index is 11.9. The van der Waals surface area contributed by atoms with Gasteiger partial charge in [0, 0.05) is 0 Å². The van der Waals surface area contributed by atoms with Gasteiger partial charge in [-0.1, -0.05) is 38.5 Å². The van der Waals surface area contributed by atoms with Crippen LogP contribution in [-0.2, 0) is 14.3 Å². The van der Waals surface area contributed by atoms with Gasteiger partial charge >= 0.3 is 18.1 Å². The van der Waals surface area contributed by atoms with Crippen molar-refractivity contribution in [2.45, 2.75) is 57.2 Å². The predicted octanol–water partition coefficient (Wildman–Crippen LogP) is 2.31. The van der Waals surface area contributed by atoms with Crippen LogP contribution in [0.2, 0.25) is 0 Å². The molecule has 0 aliphatic heterocycles. The maximum absolute atomic E-state index is 11.9. The highest BCUT2D eigenvalue weighted by atomic mass is 19.4. The molecule has 4 nitrogen and oxygen atoms in total. The average Bonchev–Trinajstić information content (AvgIpc) is 2.80. The zero-order valence-electron chi connectivity index (χ0n) is 10.5. The van der Waals surface area contributed by atoms with Gasteiger partial charge in [-0.25, -0.2) is 9.59 Å². The lowest BCUT2D eigenvalue weighted by Gasteiger charge is -2.13. The molecule has 2 N–H and O–H groups in total. The van der Waals surface area contributed by atoms with Crippen LogP contribution in [0.1, 0.15) is 44.9 Å². The van der Waals surface area contributed by atoms with Gasteiger partial charge in [0.2, 0.25) is 0 Å². The van der Waals surface area contributed by atoms with Crippen LogP contribution in [0.25, 0.3) is 0 Å². The number of nitrogens with two attached hydrogens (primary N) is 1. The van der Waals surface area contributed by atoms with E-state index >= 15 is 0 Å². The Labute approximate surface area is 109 Å². The van der Waals surface area contributed by atoms with Crippen LogP contribution in [0.5, 0.6) is 0 Å². The molecule has 1 rings (SSSR count). The van der Waals surface area contributed by atoms with Crippen LogP contribution in [0.15, 0.2) is 0 Å². The molecular formula is C12H18F3NO3. The van der Waals surface area contributed by atoms with E-state index in [1.165, 1.54) is 12.8 Å². The lowest BCUT2D eigenvalue weighted by Crippen LogP contribution is -2.37. The lowest BCUT2D eigenvalue weighted by molar-refractivity contribution is -0.202. The van der Waals surface area contributed by atoms with Gasteiger partial charge in [-0.3, -0.25) is 0 Å². The molecule has 19 heavy (non-hydrogen) atoms. The third-order valence-corrected chi connectivity index (χ3v) is 3.33. The van der Waals surface area contributed by atoms with Crippen molar-refractivity contribution in [2.24, 2.45) is 11.7 Å². The Morgan fingerprint density at radius 3 is 2.37 bits per heavy atom. The number of rotatable bonds is 5. The Bertz CT molecular complexity index is 325. The van der Waals surface area contributed by atoms with Crippen molar-refractivity contribution in [2.75, 3.05) is 0 Å². The zero-order valence-corrected chi connectivity index (χ0v) is 10.5. The minimum Gasteiger partial charge on any atom is -0.385 e. The second-order valence-corrected chi connectivity index (χ2v) is 4.89. The van der Waals surface area contributed by atoms with Crippen LogP contribution in [0, 0.1) is 5.92 Å². The molecule has 1 aliphatic carbocycles. The molecule has 0 aromatic carbocycles. The van der Waals surface area contributed by atoms with E-state index in [4.69, 9.17) is 5.73 Å². The van der Waals surface area contributed by atoms with E-state index in [0.717, 1.165) is 19.3 Å². The van der Waals surface area contributed by atoms with Crippen molar-refractivity contribution in [1.29, 1.82) is 0 Å². The van der Waals surface area contributed by atoms with E-state index in [-0.39, 0.29) is 6.42 Å². The van der Waals surface area contributed by atoms with Crippen LogP contribution in [0.3, 0.4) is 0 Å². The predicted molar refractivity (Wildman–Crippen MR) is 60.9 cm³/mol. The Hall–Kier alpha value is -1.11. The van der Waals surface area contributed by atoms with E-state index < -0.39 is 24.2 Å². The van der Waals surface area contributed by atoms with Gasteiger partial charge in [0.1, 0.15) is 6.04 Å². The molecule has 1 aliphatic rings. The van der Waals surface area contributed by atoms with E-state index in [9.17, 15) is 22.8 Å². The number of carbonyl (C=O) groups excluding carboxylic acids is 2. The van der Waals surface area contributed by atoms with Gasteiger partial charge in [-0.05, 0) is 12.3 Å². The molecule has 0 saturated heterocycles. The molecular weight excluding hydrogens is 263 g/mol. The van der Waals surface area contributed by atoms with E-state index in [1.807, 2.05) is 0 Å². The molecule has 0 spiro atoms. The molecule has 0 amide bonds. The lowest BCUT2D eigenvalue weighted by atomic mass is 9.99. The highest BCUT2D eigenvalue weighted by Crippen LogP contribution is 2.29. The summed E-state index contributed by atoms with van der Waals surface area (Å²) in [7, 11) is 0. The van der Waals surface area contributed by atoms with Crippen LogP contribution >= 0.6 is 0 Å². The van der Waals surface area contributed by atoms with Gasteiger partial charge < -0.3 is 10.5 Å². The molecule has 1 saturated carbocycles. The monoisotopic (exact) mass is 281 g/mol. The SMILES string of the molecule is NC(CCCC1CCCC1)C(=O)OC(=O)C(F)(F)F. The molecule has 0 aromatic heterocycles. The molecule has 0 heterocycles. The molecule has 1 unspecified atom stereocenters. The standard InChI is InChI=1S/C12H18F3NO3/c13-12(14,15)11(18)19-10(17)9(16)7-3-6-8-4-1-2-5-8/h8-9H,1-7,16H2. The molecule has 110 valence electrons. The van der Waals surface area contributed by atoms with Gasteiger partial charge in [-0.15, -0.1) is 0 Å². The zero-order chi connectivity index (χ0) is 14.5. The molecule has 0 bridgehead atoms. The summed E-state index contributed by atoms with van der Waals surface area (Å²) in [5.74, 6) is -3.20. The summed E-state index contributed by atoms with van der Waals surface area (Å²) >= 11 is 0. The summed E-state index contributed by atoms with van der Waals surface area (Å²) in [6.45, 7) is 0. The Balaban J connectivity index is 2.22. The summed E-state index contributed by atoms with van der Waals surface area (Å²) in [6, 6.07) is -1.17. The van der Waals surface area contributed by atoms with Gasteiger partial charge in [-0.2, -0.15) is 13.2 Å². The number of hydrogen-bond donors (Lipinski definition) is 1. The Morgan fingerprint density at radius 2 is 1.84 bits per heavy atom. The topological polar surface area (TPSA) is 69.4 Å². The van der Waals surface area contributed by atoms with E-state index in [1.54, 1.807) is 0 Å². The minimum absolute atomic E-state index is 0.237. The molecule has 0 aromatic rings. The molecule has 0 radical (unpaired) electrons. The molecule has 1 fully saturated rings. The van der Waals surface area contributed by atoms with Crippen LogP contribution < -0.4 is 5.73 Å². The van der Waals surface area contributed by atoms with Crippen molar-refractivity contribution >= 4 is 11.9 Å². The minimum atomic E-state index is -5.17. The second-order valence-electron chi connectivity index (χ2n) is 4.89. The van der Waals surface area contributed by atoms with E-state index in [0.29, 0.717) is 12.3 Å².